The zero-order valence-electron chi connectivity index (χ0n) is 11.0. The molecule has 0 fully saturated rings. The molecule has 0 aromatic rings. The van der Waals surface area contributed by atoms with Crippen molar-refractivity contribution in [3.05, 3.63) is 11.4 Å². The highest BCUT2D eigenvalue weighted by Crippen LogP contribution is 2.56. The van der Waals surface area contributed by atoms with Crippen molar-refractivity contribution in [2.24, 2.45) is 0 Å². The van der Waals surface area contributed by atoms with Crippen molar-refractivity contribution < 1.29 is 75.8 Å². The first-order valence-electron chi connectivity index (χ1n) is 5.26. The third kappa shape index (κ3) is 3.38. The monoisotopic (exact) mass is 426 g/mol. The van der Waals surface area contributed by atoms with Gasteiger partial charge in [-0.05, 0) is 0 Å². The Morgan fingerprint density at radius 3 is 1.12 bits per heavy atom. The van der Waals surface area contributed by atoms with E-state index in [9.17, 15) is 70.7 Å². The molecular weight excluding hydrogens is 425 g/mol. The summed E-state index contributed by atoms with van der Waals surface area (Å²) in [7, 11) is 0. The van der Waals surface area contributed by atoms with E-state index in [2.05, 4.69) is 0 Å². The summed E-state index contributed by atoms with van der Waals surface area (Å²) in [6.45, 7) is 0. The molecule has 0 saturated heterocycles. The predicted octanol–water partition coefficient (Wildman–Crippen LogP) is 4.96. The van der Waals surface area contributed by atoms with E-state index in [4.69, 9.17) is 5.11 Å². The molecule has 17 heteroatoms. The highest BCUT2D eigenvalue weighted by molar-refractivity contribution is 5.90. The summed E-state index contributed by atoms with van der Waals surface area (Å²) < 4.78 is 187. The number of carboxylic acid groups (broad SMARTS) is 1. The summed E-state index contributed by atoms with van der Waals surface area (Å²) in [6, 6.07) is 0. The van der Waals surface area contributed by atoms with Gasteiger partial charge >= 0.3 is 42.0 Å². The van der Waals surface area contributed by atoms with E-state index in [1.54, 1.807) is 0 Å². The molecule has 2 nitrogen and oxygen atoms in total. The van der Waals surface area contributed by atoms with Crippen LogP contribution in [0.2, 0.25) is 0 Å². The normalized spacial score (nSPS) is 16.4. The van der Waals surface area contributed by atoms with Gasteiger partial charge in [-0.3, -0.25) is 0 Å². The number of halogens is 15. The zero-order valence-corrected chi connectivity index (χ0v) is 11.0. The van der Waals surface area contributed by atoms with Crippen LogP contribution < -0.4 is 0 Å². The van der Waals surface area contributed by atoms with Crippen LogP contribution in [0.25, 0.3) is 0 Å². The van der Waals surface area contributed by atoms with Crippen molar-refractivity contribution in [1.29, 1.82) is 0 Å². The maximum atomic E-state index is 13.3. The molecule has 0 amide bonds. The van der Waals surface area contributed by atoms with Crippen molar-refractivity contribution in [2.75, 3.05) is 0 Å². The highest BCUT2D eigenvalue weighted by Gasteiger charge is 2.81. The van der Waals surface area contributed by atoms with Gasteiger partial charge in [0.15, 0.2) is 5.83 Å². The Balaban J connectivity index is 7.16. The maximum Gasteiger partial charge on any atom is 0.460 e. The first-order valence-corrected chi connectivity index (χ1v) is 5.26. The minimum atomic E-state index is -7.68. The zero-order chi connectivity index (χ0) is 21.7. The van der Waals surface area contributed by atoms with Gasteiger partial charge in [0.05, 0.1) is 0 Å². The minimum absolute atomic E-state index is 4.13. The number of rotatable bonds is 4. The first kappa shape index (κ1) is 24.2. The molecule has 1 N–H and O–H groups in total. The summed E-state index contributed by atoms with van der Waals surface area (Å²) in [6.07, 6.45) is -22.7. The van der Waals surface area contributed by atoms with E-state index in [0.717, 1.165) is 0 Å². The van der Waals surface area contributed by atoms with Crippen molar-refractivity contribution >= 4 is 5.97 Å². The van der Waals surface area contributed by atoms with E-state index in [0.29, 0.717) is 0 Å². The molecule has 0 unspecified atom stereocenters. The second-order valence-corrected chi connectivity index (χ2v) is 4.29. The van der Waals surface area contributed by atoms with Crippen LogP contribution in [0.4, 0.5) is 65.9 Å². The van der Waals surface area contributed by atoms with Crippen LogP contribution in [-0.4, -0.2) is 47.1 Å². The molecule has 0 spiro atoms. The molecule has 0 radical (unpaired) electrons. The summed E-state index contributed by atoms with van der Waals surface area (Å²) >= 11 is 0. The summed E-state index contributed by atoms with van der Waals surface area (Å²) in [4.78, 5) is 10.3. The Hall–Kier alpha value is -1.84. The van der Waals surface area contributed by atoms with E-state index < -0.39 is 53.4 Å². The van der Waals surface area contributed by atoms with Gasteiger partial charge in [-0.1, -0.05) is 0 Å². The van der Waals surface area contributed by atoms with Crippen molar-refractivity contribution in [1.82, 2.24) is 0 Å². The van der Waals surface area contributed by atoms with Crippen molar-refractivity contribution in [2.45, 2.75) is 36.0 Å². The Labute approximate surface area is 130 Å². The lowest BCUT2D eigenvalue weighted by Gasteiger charge is -2.32. The lowest BCUT2D eigenvalue weighted by Crippen LogP contribution is -2.58. The van der Waals surface area contributed by atoms with Crippen LogP contribution in [0.3, 0.4) is 0 Å². The van der Waals surface area contributed by atoms with Crippen LogP contribution in [0, 0.1) is 0 Å². The molecule has 0 bridgehead atoms. The van der Waals surface area contributed by atoms with Gasteiger partial charge in [0.2, 0.25) is 0 Å². The Morgan fingerprint density at radius 1 is 0.615 bits per heavy atom. The number of carbonyl (C=O) groups is 1. The summed E-state index contributed by atoms with van der Waals surface area (Å²) in [5, 5.41) is 8.02. The smallest absolute Gasteiger partial charge is 0.460 e. The number of aliphatic carboxylic acids is 1. The summed E-state index contributed by atoms with van der Waals surface area (Å²) in [5.74, 6) is -24.5. The molecule has 154 valence electrons. The van der Waals surface area contributed by atoms with Crippen LogP contribution in [-0.2, 0) is 4.79 Å². The third-order valence-electron chi connectivity index (χ3n) is 2.58. The van der Waals surface area contributed by atoms with E-state index in [-0.39, 0.29) is 0 Å². The average molecular weight is 426 g/mol. The third-order valence-corrected chi connectivity index (χ3v) is 2.58. The van der Waals surface area contributed by atoms with Gasteiger partial charge in [-0.2, -0.15) is 57.1 Å². The molecule has 0 aliphatic rings. The SMILES string of the molecule is O=C(O)C(=C(F)C(F)(C(F)(F)F)C(F)(F)F)C(F)(F)C(F)(F)C(F)(F)F. The molecule has 0 saturated carbocycles. The predicted molar refractivity (Wildman–Crippen MR) is 47.7 cm³/mol. The summed E-state index contributed by atoms with van der Waals surface area (Å²) in [5.41, 5.74) is -12.3. The largest absolute Gasteiger partial charge is 0.478 e. The van der Waals surface area contributed by atoms with Gasteiger partial charge in [0.25, 0.3) is 0 Å². The van der Waals surface area contributed by atoms with Crippen LogP contribution in [0.15, 0.2) is 11.4 Å². The molecule has 0 aliphatic heterocycles. The fraction of sp³-hybridized carbons (Fsp3) is 0.667. The lowest BCUT2D eigenvalue weighted by atomic mass is 9.92. The molecule has 0 aromatic carbocycles. The Bertz CT molecular complexity index is 576. The molecule has 26 heavy (non-hydrogen) atoms. The number of alkyl halides is 14. The molecule has 0 aliphatic carbocycles. The lowest BCUT2D eigenvalue weighted by molar-refractivity contribution is -0.347. The van der Waals surface area contributed by atoms with Gasteiger partial charge < -0.3 is 5.11 Å². The van der Waals surface area contributed by atoms with E-state index in [1.165, 1.54) is 0 Å². The molecule has 0 rings (SSSR count). The number of allylic oxidation sites excluding steroid dienone is 1. The Kier molecular flexibility index (Phi) is 5.67. The maximum absolute atomic E-state index is 13.3. The fourth-order valence-corrected chi connectivity index (χ4v) is 1.28. The standard InChI is InChI=1S/C9HF15O2/c10-2(4(11,7(16,17)18)8(19,20)21)1(3(25)26)5(12,13)6(14,15)9(22,23)24/h(H,25,26). The second-order valence-electron chi connectivity index (χ2n) is 4.29. The topological polar surface area (TPSA) is 37.3 Å². The number of hydrogen-bond acceptors (Lipinski definition) is 1. The van der Waals surface area contributed by atoms with Crippen LogP contribution in [0.5, 0.6) is 0 Å². The van der Waals surface area contributed by atoms with Crippen LogP contribution in [0.1, 0.15) is 0 Å². The first-order chi connectivity index (χ1) is 11.0. The second kappa shape index (κ2) is 6.11. The number of carboxylic acids is 1. The quantitative estimate of drug-likeness (QED) is 0.510. The van der Waals surface area contributed by atoms with Crippen molar-refractivity contribution in [3.63, 3.8) is 0 Å². The Morgan fingerprint density at radius 2 is 0.923 bits per heavy atom. The fourth-order valence-electron chi connectivity index (χ4n) is 1.28. The minimum Gasteiger partial charge on any atom is -0.478 e. The van der Waals surface area contributed by atoms with Gasteiger partial charge in [-0.15, -0.1) is 0 Å². The van der Waals surface area contributed by atoms with Gasteiger partial charge in [-0.25, -0.2) is 13.6 Å². The highest BCUT2D eigenvalue weighted by atomic mass is 19.4. The van der Waals surface area contributed by atoms with E-state index in [1.807, 2.05) is 0 Å². The molecular formula is C9HF15O2. The van der Waals surface area contributed by atoms with Gasteiger partial charge in [0.1, 0.15) is 5.57 Å². The van der Waals surface area contributed by atoms with Crippen LogP contribution >= 0.6 is 0 Å². The molecule has 0 heterocycles. The van der Waals surface area contributed by atoms with E-state index >= 15 is 0 Å². The van der Waals surface area contributed by atoms with Crippen molar-refractivity contribution in [3.8, 4) is 0 Å². The number of hydrogen-bond donors (Lipinski definition) is 1. The molecule has 0 aromatic heterocycles. The average Bonchev–Trinajstić information content (AvgIpc) is 2.32. The molecule has 0 atom stereocenters. The van der Waals surface area contributed by atoms with Gasteiger partial charge in [0, 0.05) is 0 Å².